The zero-order valence-electron chi connectivity index (χ0n) is 33.3. The smallest absolute Gasteiger partial charge is 0.342 e. The van der Waals surface area contributed by atoms with Crippen molar-refractivity contribution in [1.29, 1.82) is 0 Å². The topological polar surface area (TPSA) is 340 Å². The molecular weight excluding hydrogens is 768 g/mol. The van der Waals surface area contributed by atoms with Crippen molar-refractivity contribution in [2.24, 2.45) is 11.5 Å². The van der Waals surface area contributed by atoms with Gasteiger partial charge in [0.2, 0.25) is 11.6 Å². The maximum atomic E-state index is 12.4. The molecule has 0 amide bonds. The molecule has 0 fully saturated rings. The summed E-state index contributed by atoms with van der Waals surface area (Å²) in [5, 5.41) is 55.1. The summed E-state index contributed by atoms with van der Waals surface area (Å²) in [6.45, 7) is 20.4. The highest BCUT2D eigenvalue weighted by molar-refractivity contribution is 6.25. The molecule has 2 unspecified atom stereocenters. The van der Waals surface area contributed by atoms with Crippen LogP contribution in [0.1, 0.15) is 112 Å². The maximum Gasteiger partial charge on any atom is 0.342 e. The Balaban J connectivity index is 0.000000912. The van der Waals surface area contributed by atoms with Crippen LogP contribution in [0, 0.1) is 20.2 Å². The average Bonchev–Trinajstić information content (AvgIpc) is 3.13. The molecule has 0 aliphatic heterocycles. The zero-order chi connectivity index (χ0) is 45.6. The summed E-state index contributed by atoms with van der Waals surface area (Å²) >= 11 is 0. The molecule has 2 aromatic carbocycles. The van der Waals surface area contributed by atoms with E-state index in [4.69, 9.17) is 41.4 Å². The van der Waals surface area contributed by atoms with Crippen molar-refractivity contribution >= 4 is 46.8 Å². The van der Waals surface area contributed by atoms with E-state index in [0.717, 1.165) is 0 Å². The van der Waals surface area contributed by atoms with E-state index in [0.29, 0.717) is 24.0 Å². The molecule has 0 aromatic heterocycles. The Kier molecular flexibility index (Phi) is 19.6. The summed E-state index contributed by atoms with van der Waals surface area (Å²) in [5.41, 5.74) is 9.05. The highest BCUT2D eigenvalue weighted by Crippen LogP contribution is 2.28. The first-order chi connectivity index (χ1) is 26.4. The van der Waals surface area contributed by atoms with Gasteiger partial charge < -0.3 is 41.4 Å². The van der Waals surface area contributed by atoms with Gasteiger partial charge >= 0.3 is 23.9 Å². The third kappa shape index (κ3) is 16.1. The fourth-order valence-corrected chi connectivity index (χ4v) is 4.18. The van der Waals surface area contributed by atoms with Gasteiger partial charge in [-0.3, -0.25) is 29.8 Å². The molecule has 0 radical (unpaired) electrons. The molecule has 0 aliphatic rings. The van der Waals surface area contributed by atoms with E-state index >= 15 is 0 Å². The van der Waals surface area contributed by atoms with Gasteiger partial charge in [0.05, 0.1) is 9.85 Å². The number of aliphatic hydroxyl groups excluding tert-OH is 2. The van der Waals surface area contributed by atoms with Crippen LogP contribution in [0.3, 0.4) is 0 Å². The Morgan fingerprint density at radius 2 is 0.931 bits per heavy atom. The van der Waals surface area contributed by atoms with E-state index in [1.54, 1.807) is 41.5 Å². The SMILES string of the molecule is C=C(C(=O)OC(C)(C)C)C(=O)c1ccc([C@H](N)CC)cc1[N+](=O)[O-].C=C(C(=O)OC(C)(C)C)C(=O)c1ccc([C@H](N)CC)cc1[N+](=O)[O-].O=C(O)C(O)C(O)C(=O)O. The van der Waals surface area contributed by atoms with Gasteiger partial charge in [0.1, 0.15) is 33.5 Å². The number of nitrogens with zero attached hydrogens (tertiary/aromatic N) is 2. The number of rotatable bonds is 15. The fourth-order valence-electron chi connectivity index (χ4n) is 4.18. The second-order valence-electron chi connectivity index (χ2n) is 14.3. The number of nitro groups is 2. The van der Waals surface area contributed by atoms with Crippen molar-refractivity contribution in [2.75, 3.05) is 0 Å². The fraction of sp³-hybridized carbons (Fsp3) is 0.421. The third-order valence-electron chi connectivity index (χ3n) is 7.31. The lowest BCUT2D eigenvalue weighted by atomic mass is 9.97. The van der Waals surface area contributed by atoms with Crippen molar-refractivity contribution in [2.45, 2.75) is 104 Å². The van der Waals surface area contributed by atoms with E-state index < -0.39 is 91.2 Å². The van der Waals surface area contributed by atoms with E-state index in [-0.39, 0.29) is 23.2 Å². The molecule has 2 rings (SSSR count). The summed E-state index contributed by atoms with van der Waals surface area (Å²) in [4.78, 5) is 89.5. The number of ketones is 2. The van der Waals surface area contributed by atoms with Crippen molar-refractivity contribution in [3.63, 3.8) is 0 Å². The normalized spacial score (nSPS) is 13.0. The lowest BCUT2D eigenvalue weighted by Crippen LogP contribution is -2.39. The molecule has 58 heavy (non-hydrogen) atoms. The second-order valence-corrected chi connectivity index (χ2v) is 14.3. The number of aliphatic hydroxyl groups is 2. The Morgan fingerprint density at radius 1 is 0.655 bits per heavy atom. The van der Waals surface area contributed by atoms with Gasteiger partial charge in [-0.25, -0.2) is 19.2 Å². The minimum atomic E-state index is -2.27. The van der Waals surface area contributed by atoms with Gasteiger partial charge in [0.15, 0.2) is 12.2 Å². The molecule has 318 valence electrons. The number of nitrogens with two attached hydrogens (primary N) is 2. The minimum absolute atomic E-state index is 0.220. The number of ether oxygens (including phenoxy) is 2. The molecule has 0 saturated carbocycles. The van der Waals surface area contributed by atoms with Crippen molar-refractivity contribution in [1.82, 2.24) is 0 Å². The number of benzene rings is 2. The van der Waals surface area contributed by atoms with Gasteiger partial charge in [-0.05, 0) is 77.6 Å². The summed E-state index contributed by atoms with van der Waals surface area (Å²) in [6.07, 6.45) is -3.35. The molecule has 20 nitrogen and oxygen atoms in total. The summed E-state index contributed by atoms with van der Waals surface area (Å²) in [6, 6.07) is 7.42. The van der Waals surface area contributed by atoms with Gasteiger partial charge in [0.25, 0.3) is 11.4 Å². The number of hydrogen-bond donors (Lipinski definition) is 6. The predicted octanol–water partition coefficient (Wildman–Crippen LogP) is 4.05. The number of carbonyl (C=O) groups excluding carboxylic acids is 4. The molecule has 0 heterocycles. The first-order valence-electron chi connectivity index (χ1n) is 17.3. The molecule has 0 aliphatic carbocycles. The molecular formula is C38H50N4O16. The molecule has 0 bridgehead atoms. The number of hydrogen-bond acceptors (Lipinski definition) is 16. The van der Waals surface area contributed by atoms with Gasteiger partial charge in [-0.1, -0.05) is 39.1 Å². The van der Waals surface area contributed by atoms with Crippen LogP contribution in [0.2, 0.25) is 0 Å². The molecule has 4 atom stereocenters. The number of Topliss-reactive ketones (excluding diaryl/α,β-unsaturated/α-hetero) is 2. The van der Waals surface area contributed by atoms with E-state index in [9.17, 15) is 49.0 Å². The van der Waals surface area contributed by atoms with Crippen LogP contribution in [0.25, 0.3) is 0 Å². The monoisotopic (exact) mass is 818 g/mol. The predicted molar refractivity (Wildman–Crippen MR) is 207 cm³/mol. The third-order valence-corrected chi connectivity index (χ3v) is 7.31. The first kappa shape index (κ1) is 51.8. The largest absolute Gasteiger partial charge is 0.479 e. The maximum absolute atomic E-state index is 12.4. The van der Waals surface area contributed by atoms with Crippen LogP contribution in [-0.2, 0) is 28.7 Å². The van der Waals surface area contributed by atoms with Crippen LogP contribution < -0.4 is 11.5 Å². The second kappa shape index (κ2) is 21.9. The van der Waals surface area contributed by atoms with Gasteiger partial charge in [0, 0.05) is 24.2 Å². The Bertz CT molecular complexity index is 1790. The van der Waals surface area contributed by atoms with Gasteiger partial charge in [-0.2, -0.15) is 0 Å². The zero-order valence-corrected chi connectivity index (χ0v) is 33.3. The lowest BCUT2D eigenvalue weighted by Gasteiger charge is -2.20. The number of nitro benzene ring substituents is 2. The number of carboxylic acid groups (broad SMARTS) is 2. The summed E-state index contributed by atoms with van der Waals surface area (Å²) in [5.74, 6) is -7.03. The molecule has 0 spiro atoms. The summed E-state index contributed by atoms with van der Waals surface area (Å²) in [7, 11) is 0. The number of aliphatic carboxylic acids is 2. The Labute approximate surface area is 333 Å². The minimum Gasteiger partial charge on any atom is -0.479 e. The van der Waals surface area contributed by atoms with Crippen molar-refractivity contribution < 1.29 is 68.5 Å². The van der Waals surface area contributed by atoms with E-state index in [1.165, 1.54) is 36.4 Å². The van der Waals surface area contributed by atoms with Crippen molar-refractivity contribution in [3.8, 4) is 0 Å². The van der Waals surface area contributed by atoms with Crippen LogP contribution in [-0.4, -0.2) is 89.1 Å². The quantitative estimate of drug-likeness (QED) is 0.0281. The van der Waals surface area contributed by atoms with Crippen LogP contribution >= 0.6 is 0 Å². The number of esters is 2. The summed E-state index contributed by atoms with van der Waals surface area (Å²) < 4.78 is 10.1. The highest BCUT2D eigenvalue weighted by atomic mass is 16.6. The average molecular weight is 819 g/mol. The number of carbonyl (C=O) groups is 6. The Morgan fingerprint density at radius 3 is 1.14 bits per heavy atom. The standard InChI is InChI=1S/2C17H22N2O5.C4H6O6/c2*1-6-13(18)11-7-8-12(14(9-11)19(22)23)15(20)10(2)16(21)24-17(3,4)5;5-1(3(7)8)2(6)4(9)10/h2*7-9,13H,2,6,18H2,1,3-5H3;1-2,5-6H,(H,7,8)(H,9,10)/t2*13-;/m11./s1. The highest BCUT2D eigenvalue weighted by Gasteiger charge is 2.31. The first-order valence-corrected chi connectivity index (χ1v) is 17.3. The molecule has 8 N–H and O–H groups in total. The van der Waals surface area contributed by atoms with Crippen LogP contribution in [0.4, 0.5) is 11.4 Å². The van der Waals surface area contributed by atoms with Gasteiger partial charge in [-0.15, -0.1) is 0 Å². The van der Waals surface area contributed by atoms with E-state index in [1.807, 2.05) is 13.8 Å². The van der Waals surface area contributed by atoms with Crippen LogP contribution in [0.5, 0.6) is 0 Å². The molecule has 0 saturated heterocycles. The molecule has 20 heteroatoms. The number of carboxylic acids is 2. The Hall–Kier alpha value is -6.22. The van der Waals surface area contributed by atoms with E-state index in [2.05, 4.69) is 13.2 Å². The van der Waals surface area contributed by atoms with Crippen LogP contribution in [0.15, 0.2) is 60.7 Å². The lowest BCUT2D eigenvalue weighted by molar-refractivity contribution is -0.385. The van der Waals surface area contributed by atoms with Crippen molar-refractivity contribution in [3.05, 3.63) is 103 Å². The molecule has 2 aromatic rings.